The minimum atomic E-state index is -0.341. The van der Waals surface area contributed by atoms with E-state index in [-0.39, 0.29) is 11.8 Å². The maximum Gasteiger partial charge on any atom is 0.271 e. The molecule has 0 aromatic heterocycles. The third kappa shape index (κ3) is 5.68. The van der Waals surface area contributed by atoms with E-state index >= 15 is 0 Å². The predicted molar refractivity (Wildman–Crippen MR) is 122 cm³/mol. The summed E-state index contributed by atoms with van der Waals surface area (Å²) >= 11 is 5.83. The molecule has 2 amide bonds. The zero-order valence-corrected chi connectivity index (χ0v) is 17.4. The molecule has 0 aliphatic rings. The Labute approximate surface area is 180 Å². The lowest BCUT2D eigenvalue weighted by atomic mass is 10.1. The Bertz CT molecular complexity index is 1040. The summed E-state index contributed by atoms with van der Waals surface area (Å²) in [5.74, 6) is -0.597. The smallest absolute Gasteiger partial charge is 0.271 e. The molecule has 3 aromatic carbocycles. The largest absolute Gasteiger partial charge is 0.378 e. The van der Waals surface area contributed by atoms with Crippen molar-refractivity contribution < 1.29 is 9.59 Å². The zero-order chi connectivity index (χ0) is 21.5. The third-order valence-electron chi connectivity index (χ3n) is 4.30. The first-order valence-corrected chi connectivity index (χ1v) is 9.58. The molecule has 0 heterocycles. The lowest BCUT2D eigenvalue weighted by Crippen LogP contribution is -2.18. The Morgan fingerprint density at radius 1 is 0.833 bits per heavy atom. The van der Waals surface area contributed by atoms with Gasteiger partial charge in [0.1, 0.15) is 0 Å². The summed E-state index contributed by atoms with van der Waals surface area (Å²) in [5, 5.41) is 7.33. The van der Waals surface area contributed by atoms with Crippen molar-refractivity contribution in [3.63, 3.8) is 0 Å². The summed E-state index contributed by atoms with van der Waals surface area (Å²) in [6, 6.07) is 20.9. The van der Waals surface area contributed by atoms with Crippen molar-refractivity contribution in [3.05, 3.63) is 94.5 Å². The highest BCUT2D eigenvalue weighted by atomic mass is 35.5. The van der Waals surface area contributed by atoms with E-state index in [2.05, 4.69) is 15.8 Å². The van der Waals surface area contributed by atoms with E-state index in [4.69, 9.17) is 11.6 Å². The first-order chi connectivity index (χ1) is 14.4. The van der Waals surface area contributed by atoms with E-state index in [0.29, 0.717) is 21.8 Å². The number of halogens is 1. The van der Waals surface area contributed by atoms with Crippen LogP contribution in [0.5, 0.6) is 0 Å². The topological polar surface area (TPSA) is 73.8 Å². The van der Waals surface area contributed by atoms with Crippen LogP contribution in [0.25, 0.3) is 0 Å². The molecule has 0 saturated heterocycles. The standard InChI is InChI=1S/C23H21ClN4O2/c1-28(2)21-13-3-16(4-14-21)15-25-27-23(30)18-7-11-20(12-8-18)26-22(29)17-5-9-19(24)10-6-17/h3-15H,1-2H3,(H,26,29)(H,27,30). The number of anilines is 2. The molecule has 0 aliphatic carbocycles. The van der Waals surface area contributed by atoms with Gasteiger partial charge < -0.3 is 10.2 Å². The number of amides is 2. The van der Waals surface area contributed by atoms with Gasteiger partial charge in [0, 0.05) is 41.6 Å². The molecule has 6 nitrogen and oxygen atoms in total. The highest BCUT2D eigenvalue weighted by Crippen LogP contribution is 2.14. The van der Waals surface area contributed by atoms with E-state index < -0.39 is 0 Å². The van der Waals surface area contributed by atoms with Gasteiger partial charge in [-0.3, -0.25) is 9.59 Å². The molecule has 30 heavy (non-hydrogen) atoms. The Kier molecular flexibility index (Phi) is 6.83. The molecular weight excluding hydrogens is 400 g/mol. The Morgan fingerprint density at radius 3 is 2.00 bits per heavy atom. The molecule has 0 saturated carbocycles. The first-order valence-electron chi connectivity index (χ1n) is 9.20. The summed E-state index contributed by atoms with van der Waals surface area (Å²) in [6.07, 6.45) is 1.58. The molecule has 0 radical (unpaired) electrons. The van der Waals surface area contributed by atoms with Gasteiger partial charge in [-0.1, -0.05) is 23.7 Å². The first kappa shape index (κ1) is 21.1. The number of carbonyl (C=O) groups is 2. The van der Waals surface area contributed by atoms with Crippen molar-refractivity contribution in [2.75, 3.05) is 24.3 Å². The summed E-state index contributed by atoms with van der Waals surface area (Å²) in [4.78, 5) is 26.5. The molecule has 0 unspecified atom stereocenters. The van der Waals surface area contributed by atoms with Crippen LogP contribution >= 0.6 is 11.6 Å². The normalized spacial score (nSPS) is 10.6. The Balaban J connectivity index is 1.55. The van der Waals surface area contributed by atoms with E-state index in [1.54, 1.807) is 54.7 Å². The fraction of sp³-hybridized carbons (Fsp3) is 0.0870. The van der Waals surface area contributed by atoms with Crippen LogP contribution in [0.4, 0.5) is 11.4 Å². The number of benzene rings is 3. The van der Waals surface area contributed by atoms with Crippen molar-refractivity contribution in [2.45, 2.75) is 0 Å². The Hall–Kier alpha value is -3.64. The molecule has 0 spiro atoms. The molecular formula is C23H21ClN4O2. The fourth-order valence-corrected chi connectivity index (χ4v) is 2.72. The summed E-state index contributed by atoms with van der Waals surface area (Å²) in [6.45, 7) is 0. The van der Waals surface area contributed by atoms with Crippen molar-refractivity contribution in [3.8, 4) is 0 Å². The molecule has 3 rings (SSSR count). The number of hydrogen-bond acceptors (Lipinski definition) is 4. The van der Waals surface area contributed by atoms with Crippen LogP contribution in [0.2, 0.25) is 5.02 Å². The SMILES string of the molecule is CN(C)c1ccc(C=NNC(=O)c2ccc(NC(=O)c3ccc(Cl)cc3)cc2)cc1. The maximum atomic E-state index is 12.2. The molecule has 0 atom stereocenters. The van der Waals surface area contributed by atoms with Crippen LogP contribution < -0.4 is 15.6 Å². The summed E-state index contributed by atoms with van der Waals surface area (Å²) in [7, 11) is 3.94. The monoisotopic (exact) mass is 420 g/mol. The minimum Gasteiger partial charge on any atom is -0.378 e. The molecule has 0 aliphatic heterocycles. The van der Waals surface area contributed by atoms with Crippen LogP contribution in [0, 0.1) is 0 Å². The number of hydrazone groups is 1. The summed E-state index contributed by atoms with van der Waals surface area (Å²) < 4.78 is 0. The lowest BCUT2D eigenvalue weighted by molar-refractivity contribution is 0.0954. The third-order valence-corrected chi connectivity index (χ3v) is 4.55. The average Bonchev–Trinajstić information content (AvgIpc) is 2.75. The number of carbonyl (C=O) groups excluding carboxylic acids is 2. The minimum absolute atomic E-state index is 0.256. The van der Waals surface area contributed by atoms with Crippen molar-refractivity contribution in [1.82, 2.24) is 5.43 Å². The number of hydrogen-bond donors (Lipinski definition) is 2. The summed E-state index contributed by atoms with van der Waals surface area (Å²) in [5.41, 5.74) is 5.96. The van der Waals surface area contributed by atoms with Crippen LogP contribution in [0.15, 0.2) is 77.9 Å². The van der Waals surface area contributed by atoms with E-state index in [9.17, 15) is 9.59 Å². The molecule has 0 bridgehead atoms. The van der Waals surface area contributed by atoms with Crippen LogP contribution in [0.3, 0.4) is 0 Å². The number of nitrogens with one attached hydrogen (secondary N) is 2. The molecule has 2 N–H and O–H groups in total. The van der Waals surface area contributed by atoms with E-state index in [0.717, 1.165) is 11.3 Å². The van der Waals surface area contributed by atoms with Crippen molar-refractivity contribution in [1.29, 1.82) is 0 Å². The van der Waals surface area contributed by atoms with E-state index in [1.165, 1.54) is 0 Å². The predicted octanol–water partition coefficient (Wildman–Crippen LogP) is 4.42. The molecule has 3 aromatic rings. The van der Waals surface area contributed by atoms with Gasteiger partial charge in [0.25, 0.3) is 11.8 Å². The fourth-order valence-electron chi connectivity index (χ4n) is 2.60. The van der Waals surface area contributed by atoms with Crippen LogP contribution in [-0.2, 0) is 0 Å². The van der Waals surface area contributed by atoms with Crippen LogP contribution in [0.1, 0.15) is 26.3 Å². The maximum absolute atomic E-state index is 12.2. The quantitative estimate of drug-likeness (QED) is 0.458. The van der Waals surface area contributed by atoms with Gasteiger partial charge in [-0.15, -0.1) is 0 Å². The van der Waals surface area contributed by atoms with Gasteiger partial charge in [0.05, 0.1) is 6.21 Å². The number of rotatable bonds is 6. The van der Waals surface area contributed by atoms with Gasteiger partial charge in [0.15, 0.2) is 0 Å². The highest BCUT2D eigenvalue weighted by molar-refractivity contribution is 6.30. The molecule has 152 valence electrons. The Morgan fingerprint density at radius 2 is 1.40 bits per heavy atom. The van der Waals surface area contributed by atoms with E-state index in [1.807, 2.05) is 43.3 Å². The van der Waals surface area contributed by atoms with Crippen LogP contribution in [-0.4, -0.2) is 32.1 Å². The number of nitrogens with zero attached hydrogens (tertiary/aromatic N) is 2. The second-order valence-electron chi connectivity index (χ2n) is 6.72. The molecule has 7 heteroatoms. The van der Waals surface area contributed by atoms with Gasteiger partial charge in [-0.25, -0.2) is 5.43 Å². The lowest BCUT2D eigenvalue weighted by Gasteiger charge is -2.11. The zero-order valence-electron chi connectivity index (χ0n) is 16.6. The highest BCUT2D eigenvalue weighted by Gasteiger charge is 2.08. The van der Waals surface area contributed by atoms with Gasteiger partial charge >= 0.3 is 0 Å². The second-order valence-corrected chi connectivity index (χ2v) is 7.16. The molecule has 0 fully saturated rings. The average molecular weight is 421 g/mol. The van der Waals surface area contributed by atoms with Crippen molar-refractivity contribution >= 4 is 41.0 Å². The van der Waals surface area contributed by atoms with Gasteiger partial charge in [0.2, 0.25) is 0 Å². The van der Waals surface area contributed by atoms with Gasteiger partial charge in [-0.2, -0.15) is 5.10 Å². The van der Waals surface area contributed by atoms with Gasteiger partial charge in [-0.05, 0) is 66.2 Å². The van der Waals surface area contributed by atoms with Crippen molar-refractivity contribution in [2.24, 2.45) is 5.10 Å². The second kappa shape index (κ2) is 9.71.